The Bertz CT molecular complexity index is 152. The summed E-state index contributed by atoms with van der Waals surface area (Å²) in [5.41, 5.74) is 0. The summed E-state index contributed by atoms with van der Waals surface area (Å²) in [7, 11) is 0. The van der Waals surface area contributed by atoms with Crippen LogP contribution in [0.5, 0.6) is 0 Å². The molecule has 1 aliphatic rings. The quantitative estimate of drug-likeness (QED) is 0.450. The highest BCUT2D eigenvalue weighted by atomic mass is 14.3. The third-order valence-electron chi connectivity index (χ3n) is 1.88. The van der Waals surface area contributed by atoms with Gasteiger partial charge in [0, 0.05) is 0 Å². The normalized spacial score (nSPS) is 33.8. The molecule has 0 aromatic rings. The summed E-state index contributed by atoms with van der Waals surface area (Å²) in [5, 5.41) is 8.58. The zero-order valence-corrected chi connectivity index (χ0v) is 5.67. The van der Waals surface area contributed by atoms with Crippen LogP contribution >= 0.6 is 0 Å². The summed E-state index contributed by atoms with van der Waals surface area (Å²) >= 11 is 0. The predicted octanol–water partition coefficient (Wildman–Crippen LogP) is 2.11. The second-order valence-electron chi connectivity index (χ2n) is 2.60. The van der Waals surface area contributed by atoms with Crippen LogP contribution in [0, 0.1) is 23.2 Å². The molecule has 1 aliphatic carbocycles. The Morgan fingerprint density at radius 3 is 2.89 bits per heavy atom. The molecule has 1 nitrogen and oxygen atoms in total. The third kappa shape index (κ3) is 1.32. The highest BCUT2D eigenvalue weighted by molar-refractivity contribution is 5.02. The summed E-state index contributed by atoms with van der Waals surface area (Å²) in [6.45, 7) is 2.10. The van der Waals surface area contributed by atoms with Gasteiger partial charge in [-0.05, 0) is 18.8 Å². The van der Waals surface area contributed by atoms with Crippen LogP contribution < -0.4 is 0 Å². The van der Waals surface area contributed by atoms with Crippen LogP contribution in [-0.2, 0) is 0 Å². The van der Waals surface area contributed by atoms with Gasteiger partial charge in [0.15, 0.2) is 0 Å². The molecule has 0 N–H and O–H groups in total. The second kappa shape index (κ2) is 2.68. The Morgan fingerprint density at radius 2 is 2.44 bits per heavy atom. The van der Waals surface area contributed by atoms with Crippen LogP contribution in [0.2, 0.25) is 0 Å². The number of nitriles is 1. The summed E-state index contributed by atoms with van der Waals surface area (Å²) in [4.78, 5) is 0. The first-order valence-electron chi connectivity index (χ1n) is 3.41. The fourth-order valence-electron chi connectivity index (χ4n) is 1.17. The lowest BCUT2D eigenvalue weighted by Gasteiger charge is -2.16. The van der Waals surface area contributed by atoms with E-state index < -0.39 is 0 Å². The molecule has 1 rings (SSSR count). The van der Waals surface area contributed by atoms with Gasteiger partial charge in [0.05, 0.1) is 12.0 Å². The van der Waals surface area contributed by atoms with Gasteiger partial charge in [-0.25, -0.2) is 0 Å². The average Bonchev–Trinajstić information content (AvgIpc) is 1.89. The first kappa shape index (κ1) is 6.35. The van der Waals surface area contributed by atoms with Gasteiger partial charge in [0.1, 0.15) is 0 Å². The number of nitrogens with zero attached hydrogens (tertiary/aromatic N) is 1. The van der Waals surface area contributed by atoms with Gasteiger partial charge in [-0.15, -0.1) is 0 Å². The van der Waals surface area contributed by atoms with Crippen molar-refractivity contribution in [2.75, 3.05) is 0 Å². The molecular formula is C8H11N. The first-order chi connectivity index (χ1) is 4.34. The van der Waals surface area contributed by atoms with Crippen molar-refractivity contribution < 1.29 is 0 Å². The van der Waals surface area contributed by atoms with E-state index in [0.29, 0.717) is 5.92 Å². The standard InChI is InChI=1S/C8H11N/c1-7-4-2-3-5-8(7)6-9/h2,4,7-8H,3,5H2,1H3. The van der Waals surface area contributed by atoms with E-state index in [2.05, 4.69) is 25.1 Å². The summed E-state index contributed by atoms with van der Waals surface area (Å²) < 4.78 is 0. The Hall–Kier alpha value is -0.770. The maximum Gasteiger partial charge on any atom is 0.0661 e. The van der Waals surface area contributed by atoms with E-state index in [1.807, 2.05) is 0 Å². The molecule has 0 bridgehead atoms. The van der Waals surface area contributed by atoms with Crippen molar-refractivity contribution in [1.82, 2.24) is 0 Å². The topological polar surface area (TPSA) is 23.8 Å². The van der Waals surface area contributed by atoms with Gasteiger partial charge in [-0.3, -0.25) is 0 Å². The van der Waals surface area contributed by atoms with Gasteiger partial charge in [-0.2, -0.15) is 5.26 Å². The van der Waals surface area contributed by atoms with Crippen molar-refractivity contribution in [3.63, 3.8) is 0 Å². The highest BCUT2D eigenvalue weighted by Crippen LogP contribution is 2.22. The molecule has 0 fully saturated rings. The Morgan fingerprint density at radius 1 is 1.67 bits per heavy atom. The fourth-order valence-corrected chi connectivity index (χ4v) is 1.17. The van der Waals surface area contributed by atoms with Crippen LogP contribution in [0.25, 0.3) is 0 Å². The molecule has 2 atom stereocenters. The minimum atomic E-state index is 0.273. The molecule has 2 unspecified atom stereocenters. The van der Waals surface area contributed by atoms with Crippen molar-refractivity contribution in [3.05, 3.63) is 12.2 Å². The van der Waals surface area contributed by atoms with Crippen molar-refractivity contribution in [2.45, 2.75) is 19.8 Å². The number of allylic oxidation sites excluding steroid dienone is 2. The third-order valence-corrected chi connectivity index (χ3v) is 1.88. The smallest absolute Gasteiger partial charge is 0.0661 e. The summed E-state index contributed by atoms with van der Waals surface area (Å²) in [5.74, 6) is 0.749. The van der Waals surface area contributed by atoms with E-state index in [0.717, 1.165) is 12.8 Å². The fraction of sp³-hybridized carbons (Fsp3) is 0.625. The molecule has 0 aromatic carbocycles. The van der Waals surface area contributed by atoms with Gasteiger partial charge in [0.25, 0.3) is 0 Å². The SMILES string of the molecule is CC1C=CCCC1C#N. The van der Waals surface area contributed by atoms with Crippen LogP contribution in [0.1, 0.15) is 19.8 Å². The maximum absolute atomic E-state index is 8.58. The minimum absolute atomic E-state index is 0.273. The molecule has 0 aliphatic heterocycles. The second-order valence-corrected chi connectivity index (χ2v) is 2.60. The minimum Gasteiger partial charge on any atom is -0.198 e. The van der Waals surface area contributed by atoms with Crippen molar-refractivity contribution in [2.24, 2.45) is 11.8 Å². The van der Waals surface area contributed by atoms with Gasteiger partial charge >= 0.3 is 0 Å². The van der Waals surface area contributed by atoms with Crippen LogP contribution in [0.15, 0.2) is 12.2 Å². The maximum atomic E-state index is 8.58. The molecule has 0 saturated heterocycles. The van der Waals surface area contributed by atoms with Crippen molar-refractivity contribution in [1.29, 1.82) is 5.26 Å². The molecule has 0 heterocycles. The lowest BCUT2D eigenvalue weighted by atomic mass is 9.87. The van der Waals surface area contributed by atoms with E-state index in [9.17, 15) is 0 Å². The first-order valence-corrected chi connectivity index (χ1v) is 3.41. The van der Waals surface area contributed by atoms with Gasteiger partial charge in [-0.1, -0.05) is 19.1 Å². The molecule has 0 saturated carbocycles. The number of hydrogen-bond donors (Lipinski definition) is 0. The monoisotopic (exact) mass is 121 g/mol. The lowest BCUT2D eigenvalue weighted by molar-refractivity contribution is 0.470. The molecule has 0 radical (unpaired) electrons. The average molecular weight is 121 g/mol. The van der Waals surface area contributed by atoms with Gasteiger partial charge < -0.3 is 0 Å². The van der Waals surface area contributed by atoms with E-state index in [-0.39, 0.29) is 5.92 Å². The van der Waals surface area contributed by atoms with E-state index in [1.165, 1.54) is 0 Å². The van der Waals surface area contributed by atoms with E-state index in [4.69, 9.17) is 5.26 Å². The Kier molecular flexibility index (Phi) is 1.89. The van der Waals surface area contributed by atoms with Gasteiger partial charge in [0.2, 0.25) is 0 Å². The van der Waals surface area contributed by atoms with E-state index in [1.54, 1.807) is 0 Å². The highest BCUT2D eigenvalue weighted by Gasteiger charge is 2.15. The lowest BCUT2D eigenvalue weighted by Crippen LogP contribution is -2.09. The molecule has 1 heteroatoms. The van der Waals surface area contributed by atoms with Crippen LogP contribution in [0.4, 0.5) is 0 Å². The van der Waals surface area contributed by atoms with Crippen LogP contribution in [0.3, 0.4) is 0 Å². The Balaban J connectivity index is 2.57. The summed E-state index contributed by atoms with van der Waals surface area (Å²) in [6.07, 6.45) is 6.44. The predicted molar refractivity (Wildman–Crippen MR) is 36.6 cm³/mol. The molecule has 9 heavy (non-hydrogen) atoms. The molecule has 0 aromatic heterocycles. The summed E-state index contributed by atoms with van der Waals surface area (Å²) in [6, 6.07) is 2.30. The van der Waals surface area contributed by atoms with Crippen molar-refractivity contribution in [3.8, 4) is 6.07 Å². The Labute approximate surface area is 56.0 Å². The van der Waals surface area contributed by atoms with Crippen LogP contribution in [-0.4, -0.2) is 0 Å². The van der Waals surface area contributed by atoms with Crippen molar-refractivity contribution >= 4 is 0 Å². The molecule has 0 amide bonds. The molecule has 0 spiro atoms. The molecule has 48 valence electrons. The zero-order chi connectivity index (χ0) is 6.69. The zero-order valence-electron chi connectivity index (χ0n) is 5.67. The van der Waals surface area contributed by atoms with E-state index >= 15 is 0 Å². The number of rotatable bonds is 0. The number of hydrogen-bond acceptors (Lipinski definition) is 1. The largest absolute Gasteiger partial charge is 0.198 e. The molecular weight excluding hydrogens is 110 g/mol.